The molecule has 0 aliphatic heterocycles. The van der Waals surface area contributed by atoms with Gasteiger partial charge in [0.2, 0.25) is 9.84 Å². The number of rotatable bonds is 4. The van der Waals surface area contributed by atoms with Crippen molar-refractivity contribution in [1.82, 2.24) is 4.57 Å². The predicted molar refractivity (Wildman–Crippen MR) is 116 cm³/mol. The van der Waals surface area contributed by atoms with Crippen LogP contribution in [-0.4, -0.2) is 13.0 Å². The Morgan fingerprint density at radius 3 is 2.20 bits per heavy atom. The van der Waals surface area contributed by atoms with E-state index in [0.717, 1.165) is 17.1 Å². The van der Waals surface area contributed by atoms with Crippen LogP contribution in [0.5, 0.6) is 0 Å². The average molecular weight is 423 g/mol. The molecule has 0 bridgehead atoms. The van der Waals surface area contributed by atoms with Crippen LogP contribution in [0.15, 0.2) is 70.5 Å². The number of hydrogen-bond acceptors (Lipinski definition) is 3. The Bertz CT molecular complexity index is 1240. The van der Waals surface area contributed by atoms with E-state index in [9.17, 15) is 18.1 Å². The second-order valence-electron chi connectivity index (χ2n) is 8.07. The van der Waals surface area contributed by atoms with Crippen molar-refractivity contribution < 1.29 is 12.8 Å². The Balaban J connectivity index is 2.22. The van der Waals surface area contributed by atoms with Crippen molar-refractivity contribution >= 4 is 15.9 Å². The molecule has 0 aliphatic rings. The van der Waals surface area contributed by atoms with Gasteiger partial charge in [-0.15, -0.1) is 0 Å². The molecule has 0 atom stereocenters. The zero-order valence-corrected chi connectivity index (χ0v) is 18.2. The molecule has 3 aromatic rings. The zero-order valence-electron chi connectivity index (χ0n) is 17.3. The number of benzene rings is 2. The van der Waals surface area contributed by atoms with Gasteiger partial charge in [0.05, 0.1) is 4.90 Å². The molecule has 30 heavy (non-hydrogen) atoms. The minimum absolute atomic E-state index is 0.0736. The largest absolute Gasteiger partial charge is 0.317 e. The van der Waals surface area contributed by atoms with Gasteiger partial charge in [0.25, 0.3) is 0 Å². The van der Waals surface area contributed by atoms with Crippen LogP contribution in [0, 0.1) is 24.1 Å². The second-order valence-corrected chi connectivity index (χ2v) is 9.99. The van der Waals surface area contributed by atoms with Gasteiger partial charge < -0.3 is 4.57 Å². The Hall–Kier alpha value is -3.17. The average Bonchev–Trinajstić information content (AvgIpc) is 3.04. The highest BCUT2D eigenvalue weighted by Crippen LogP contribution is 2.32. The minimum atomic E-state index is -3.93. The molecule has 0 fully saturated rings. The molecule has 3 rings (SSSR count). The summed E-state index contributed by atoms with van der Waals surface area (Å²) in [5, 5.41) is 9.61. The third-order valence-electron chi connectivity index (χ3n) is 4.88. The zero-order chi connectivity index (χ0) is 22.1. The Labute approximate surface area is 176 Å². The summed E-state index contributed by atoms with van der Waals surface area (Å²) in [6.07, 6.45) is 1.41. The summed E-state index contributed by atoms with van der Waals surface area (Å²) < 4.78 is 41.3. The van der Waals surface area contributed by atoms with E-state index in [1.165, 1.54) is 30.3 Å². The summed E-state index contributed by atoms with van der Waals surface area (Å²) >= 11 is 0. The molecule has 0 saturated carbocycles. The van der Waals surface area contributed by atoms with Gasteiger partial charge in [-0.1, -0.05) is 39.0 Å². The summed E-state index contributed by atoms with van der Waals surface area (Å²) in [6, 6.07) is 17.8. The molecule has 0 radical (unpaired) electrons. The molecular weight excluding hydrogens is 399 g/mol. The van der Waals surface area contributed by atoms with Crippen LogP contribution in [0.3, 0.4) is 0 Å². The smallest absolute Gasteiger partial charge is 0.216 e. The Morgan fingerprint density at radius 1 is 1.07 bits per heavy atom. The fourth-order valence-corrected chi connectivity index (χ4v) is 4.46. The minimum Gasteiger partial charge on any atom is -0.317 e. The number of aromatic nitrogens is 1. The van der Waals surface area contributed by atoms with E-state index in [-0.39, 0.29) is 21.0 Å². The molecule has 0 unspecified atom stereocenters. The highest BCUT2D eigenvalue weighted by molar-refractivity contribution is 7.95. The van der Waals surface area contributed by atoms with E-state index in [1.54, 1.807) is 30.3 Å². The molecule has 1 aromatic heterocycles. The highest BCUT2D eigenvalue weighted by Gasteiger charge is 2.25. The van der Waals surface area contributed by atoms with E-state index < -0.39 is 9.84 Å². The number of allylic oxidation sites excluding steroid dienone is 1. The van der Waals surface area contributed by atoms with Crippen LogP contribution < -0.4 is 0 Å². The fraction of sp³-hybridized carbons (Fsp3) is 0.208. The SMILES string of the molecule is Cc1c(/C=C(\C#N)S(=O)(=O)c2ccccc2)cc(C(C)(C)C)n1-c1ccc(F)cc1. The summed E-state index contributed by atoms with van der Waals surface area (Å²) in [6.45, 7) is 7.98. The second kappa shape index (κ2) is 7.92. The first kappa shape index (κ1) is 21.5. The van der Waals surface area contributed by atoms with E-state index >= 15 is 0 Å². The van der Waals surface area contributed by atoms with Crippen LogP contribution in [0.25, 0.3) is 11.8 Å². The quantitative estimate of drug-likeness (QED) is 0.517. The normalized spacial score (nSPS) is 12.6. The van der Waals surface area contributed by atoms with Crippen LogP contribution >= 0.6 is 0 Å². The topological polar surface area (TPSA) is 62.9 Å². The maximum atomic E-state index is 13.4. The van der Waals surface area contributed by atoms with E-state index in [1.807, 2.05) is 44.4 Å². The van der Waals surface area contributed by atoms with Crippen LogP contribution in [-0.2, 0) is 15.3 Å². The van der Waals surface area contributed by atoms with Gasteiger partial charge in [0.15, 0.2) is 0 Å². The number of hydrogen-bond donors (Lipinski definition) is 0. The lowest BCUT2D eigenvalue weighted by atomic mass is 9.91. The predicted octanol–water partition coefficient (Wildman–Crippen LogP) is 5.56. The van der Waals surface area contributed by atoms with Crippen molar-refractivity contribution in [2.24, 2.45) is 0 Å². The summed E-state index contributed by atoms with van der Waals surface area (Å²) in [5.74, 6) is -0.332. The van der Waals surface area contributed by atoms with Crippen molar-refractivity contribution in [2.45, 2.75) is 38.0 Å². The van der Waals surface area contributed by atoms with Crippen molar-refractivity contribution in [2.75, 3.05) is 0 Å². The van der Waals surface area contributed by atoms with Gasteiger partial charge in [-0.25, -0.2) is 12.8 Å². The summed E-state index contributed by atoms with van der Waals surface area (Å²) in [4.78, 5) is -0.252. The molecule has 6 heteroatoms. The number of sulfone groups is 1. The van der Waals surface area contributed by atoms with Crippen molar-refractivity contribution in [3.63, 3.8) is 0 Å². The number of nitrogens with zero attached hydrogens (tertiary/aromatic N) is 2. The lowest BCUT2D eigenvalue weighted by Crippen LogP contribution is -2.17. The van der Waals surface area contributed by atoms with Crippen molar-refractivity contribution in [1.29, 1.82) is 5.26 Å². The van der Waals surface area contributed by atoms with E-state index in [2.05, 4.69) is 0 Å². The third kappa shape index (κ3) is 4.07. The molecule has 2 aromatic carbocycles. The molecule has 0 amide bonds. The first-order valence-corrected chi connectivity index (χ1v) is 10.9. The highest BCUT2D eigenvalue weighted by atomic mass is 32.2. The lowest BCUT2D eigenvalue weighted by Gasteiger charge is -2.22. The number of nitriles is 1. The molecule has 0 N–H and O–H groups in total. The van der Waals surface area contributed by atoms with Crippen molar-refractivity contribution in [3.05, 3.63) is 88.3 Å². The van der Waals surface area contributed by atoms with Gasteiger partial charge >= 0.3 is 0 Å². The third-order valence-corrected chi connectivity index (χ3v) is 6.56. The van der Waals surface area contributed by atoms with Gasteiger partial charge in [0, 0.05) is 22.5 Å². The lowest BCUT2D eigenvalue weighted by molar-refractivity contribution is 0.554. The maximum absolute atomic E-state index is 13.4. The first-order chi connectivity index (χ1) is 14.1. The standard InChI is InChI=1S/C24H23FN2O2S/c1-17-18(14-22(16-26)30(28,29)21-8-6-5-7-9-21)15-23(24(2,3)4)27(17)20-12-10-19(25)11-13-20/h5-15H,1-4H3/b22-14+. The van der Waals surface area contributed by atoms with Gasteiger partial charge in [-0.2, -0.15) is 5.26 Å². The fourth-order valence-electron chi connectivity index (χ4n) is 3.28. The van der Waals surface area contributed by atoms with Gasteiger partial charge in [0.1, 0.15) is 16.8 Å². The van der Waals surface area contributed by atoms with Crippen molar-refractivity contribution in [3.8, 4) is 11.8 Å². The molecule has 1 heterocycles. The van der Waals surface area contributed by atoms with E-state index in [0.29, 0.717) is 5.56 Å². The molecule has 4 nitrogen and oxygen atoms in total. The maximum Gasteiger partial charge on any atom is 0.216 e. The molecule has 0 saturated heterocycles. The van der Waals surface area contributed by atoms with Crippen LogP contribution in [0.1, 0.15) is 37.7 Å². The van der Waals surface area contributed by atoms with E-state index in [4.69, 9.17) is 0 Å². The first-order valence-electron chi connectivity index (χ1n) is 9.46. The van der Waals surface area contributed by atoms with Crippen LogP contribution in [0.4, 0.5) is 4.39 Å². The summed E-state index contributed by atoms with van der Waals surface area (Å²) in [7, 11) is -3.93. The van der Waals surface area contributed by atoms with Gasteiger partial charge in [-0.05, 0) is 61.0 Å². The molecule has 0 aliphatic carbocycles. The summed E-state index contributed by atoms with van der Waals surface area (Å²) in [5.41, 5.74) is 2.81. The number of halogens is 1. The monoisotopic (exact) mass is 422 g/mol. The Morgan fingerprint density at radius 2 is 1.67 bits per heavy atom. The van der Waals surface area contributed by atoms with Crippen LogP contribution in [0.2, 0.25) is 0 Å². The molecule has 0 spiro atoms. The van der Waals surface area contributed by atoms with Gasteiger partial charge in [-0.3, -0.25) is 0 Å². The molecular formula is C24H23FN2O2S. The Kier molecular flexibility index (Phi) is 5.69. The molecule has 154 valence electrons.